The van der Waals surface area contributed by atoms with Crippen LogP contribution in [0, 0.1) is 6.54 Å². The highest BCUT2D eigenvalue weighted by molar-refractivity contribution is 5.80. The van der Waals surface area contributed by atoms with Gasteiger partial charge in [0.25, 0.3) is 0 Å². The zero-order valence-electron chi connectivity index (χ0n) is 11.0. The molecule has 0 saturated heterocycles. The third-order valence-electron chi connectivity index (χ3n) is 2.82. The summed E-state index contributed by atoms with van der Waals surface area (Å²) in [4.78, 5) is 21.1. The first kappa shape index (κ1) is 16.1. The molecule has 0 aliphatic carbocycles. The van der Waals surface area contributed by atoms with Gasteiger partial charge in [0.15, 0.2) is 0 Å². The molecular formula is C14H26NO2. The van der Waals surface area contributed by atoms with Gasteiger partial charge >= 0.3 is 0 Å². The van der Waals surface area contributed by atoms with Gasteiger partial charge in [-0.25, -0.2) is 0 Å². The molecule has 17 heavy (non-hydrogen) atoms. The summed E-state index contributed by atoms with van der Waals surface area (Å²) in [6.45, 7) is 3.38. The topological polar surface area (TPSA) is 46.2 Å². The van der Waals surface area contributed by atoms with Gasteiger partial charge in [0.2, 0.25) is 5.91 Å². The lowest BCUT2D eigenvalue weighted by Gasteiger charge is -2.02. The maximum absolute atomic E-state index is 11.1. The summed E-state index contributed by atoms with van der Waals surface area (Å²) in [6, 6.07) is 0. The molecule has 0 spiro atoms. The van der Waals surface area contributed by atoms with E-state index in [0.717, 1.165) is 19.4 Å². The van der Waals surface area contributed by atoms with Crippen LogP contribution in [0.4, 0.5) is 0 Å². The van der Waals surface area contributed by atoms with Gasteiger partial charge in [-0.3, -0.25) is 4.79 Å². The quantitative estimate of drug-likeness (QED) is 0.420. The SMILES string of the molecule is CCCCCCCCCCCC(=O)N[CH]C=O. The zero-order chi connectivity index (χ0) is 12.8. The van der Waals surface area contributed by atoms with Crippen LogP contribution in [-0.2, 0) is 9.59 Å². The van der Waals surface area contributed by atoms with Crippen LogP contribution in [0.2, 0.25) is 0 Å². The standard InChI is InChI=1S/C14H26NO2/c1-2-3-4-5-6-7-8-9-10-11-14(17)15-12-13-16/h12-13H,2-11H2,1H3,(H,15,17). The van der Waals surface area contributed by atoms with Crippen LogP contribution >= 0.6 is 0 Å². The molecule has 0 fully saturated rings. The van der Waals surface area contributed by atoms with Gasteiger partial charge in [-0.2, -0.15) is 0 Å². The minimum absolute atomic E-state index is 0.0555. The number of aldehydes is 1. The predicted octanol–water partition coefficient (Wildman–Crippen LogP) is 3.38. The molecule has 99 valence electrons. The van der Waals surface area contributed by atoms with Gasteiger partial charge in [-0.1, -0.05) is 58.3 Å². The summed E-state index contributed by atoms with van der Waals surface area (Å²) in [5, 5.41) is 2.43. The van der Waals surface area contributed by atoms with Gasteiger partial charge < -0.3 is 10.1 Å². The van der Waals surface area contributed by atoms with Crippen molar-refractivity contribution in [2.75, 3.05) is 0 Å². The molecule has 3 heteroatoms. The largest absolute Gasteiger partial charge is 0.344 e. The van der Waals surface area contributed by atoms with Crippen LogP contribution in [0.15, 0.2) is 0 Å². The molecule has 0 aliphatic rings. The van der Waals surface area contributed by atoms with Gasteiger partial charge in [0, 0.05) is 6.42 Å². The predicted molar refractivity (Wildman–Crippen MR) is 70.4 cm³/mol. The third-order valence-corrected chi connectivity index (χ3v) is 2.82. The number of nitrogens with one attached hydrogen (secondary N) is 1. The number of carbonyl (C=O) groups excluding carboxylic acids is 2. The fraction of sp³-hybridized carbons (Fsp3) is 0.786. The van der Waals surface area contributed by atoms with Crippen molar-refractivity contribution in [2.45, 2.75) is 71.1 Å². The molecule has 0 aromatic rings. The van der Waals surface area contributed by atoms with E-state index in [-0.39, 0.29) is 5.91 Å². The molecule has 0 heterocycles. The first-order valence-electron chi connectivity index (χ1n) is 6.87. The summed E-state index contributed by atoms with van der Waals surface area (Å²) in [5.74, 6) is -0.0555. The molecule has 0 saturated carbocycles. The number of amides is 1. The Balaban J connectivity index is 3.07. The second-order valence-electron chi connectivity index (χ2n) is 4.45. The van der Waals surface area contributed by atoms with Crippen molar-refractivity contribution >= 4 is 12.2 Å². The Morgan fingerprint density at radius 1 is 0.941 bits per heavy atom. The van der Waals surface area contributed by atoms with Crippen molar-refractivity contribution in [3.8, 4) is 0 Å². The average Bonchev–Trinajstić information content (AvgIpc) is 2.34. The number of rotatable bonds is 12. The van der Waals surface area contributed by atoms with Crippen LogP contribution in [0.1, 0.15) is 71.1 Å². The first-order valence-corrected chi connectivity index (χ1v) is 6.87. The Hall–Kier alpha value is -0.860. The molecule has 0 atom stereocenters. The van der Waals surface area contributed by atoms with E-state index in [0.29, 0.717) is 12.7 Å². The molecule has 0 rings (SSSR count). The zero-order valence-corrected chi connectivity index (χ0v) is 11.0. The van der Waals surface area contributed by atoms with Crippen LogP contribution in [0.5, 0.6) is 0 Å². The van der Waals surface area contributed by atoms with Gasteiger partial charge in [0.1, 0.15) is 12.8 Å². The van der Waals surface area contributed by atoms with E-state index >= 15 is 0 Å². The van der Waals surface area contributed by atoms with Gasteiger partial charge in [-0.15, -0.1) is 0 Å². The van der Waals surface area contributed by atoms with Crippen molar-refractivity contribution in [1.82, 2.24) is 5.32 Å². The molecule has 0 aromatic heterocycles. The Bertz CT molecular complexity index is 193. The summed E-state index contributed by atoms with van der Waals surface area (Å²) in [7, 11) is 0. The van der Waals surface area contributed by atoms with Crippen molar-refractivity contribution in [3.63, 3.8) is 0 Å². The van der Waals surface area contributed by atoms with Crippen LogP contribution in [-0.4, -0.2) is 12.2 Å². The molecular weight excluding hydrogens is 214 g/mol. The highest BCUT2D eigenvalue weighted by Gasteiger charge is 1.99. The first-order chi connectivity index (χ1) is 8.31. The summed E-state index contributed by atoms with van der Waals surface area (Å²) in [5.41, 5.74) is 0. The summed E-state index contributed by atoms with van der Waals surface area (Å²) in [6.07, 6.45) is 12.3. The van der Waals surface area contributed by atoms with Crippen LogP contribution in [0.25, 0.3) is 0 Å². The molecule has 0 bridgehead atoms. The monoisotopic (exact) mass is 240 g/mol. The lowest BCUT2D eigenvalue weighted by molar-refractivity contribution is -0.121. The second-order valence-corrected chi connectivity index (χ2v) is 4.45. The van der Waals surface area contributed by atoms with Crippen LogP contribution < -0.4 is 5.32 Å². The summed E-state index contributed by atoms with van der Waals surface area (Å²) < 4.78 is 0. The number of carbonyl (C=O) groups is 2. The van der Waals surface area contributed by atoms with Crippen molar-refractivity contribution in [1.29, 1.82) is 0 Å². The highest BCUT2D eigenvalue weighted by atomic mass is 16.2. The Kier molecular flexibility index (Phi) is 12.5. The lowest BCUT2D eigenvalue weighted by atomic mass is 10.1. The molecule has 0 unspecified atom stereocenters. The second kappa shape index (κ2) is 13.2. The number of hydrogen-bond donors (Lipinski definition) is 1. The Morgan fingerprint density at radius 2 is 1.47 bits per heavy atom. The number of unbranched alkanes of at least 4 members (excludes halogenated alkanes) is 8. The minimum Gasteiger partial charge on any atom is -0.344 e. The van der Waals surface area contributed by atoms with E-state index in [1.54, 1.807) is 0 Å². The maximum atomic E-state index is 11.1. The molecule has 1 N–H and O–H groups in total. The third kappa shape index (κ3) is 13.1. The lowest BCUT2D eigenvalue weighted by Crippen LogP contribution is -2.20. The highest BCUT2D eigenvalue weighted by Crippen LogP contribution is 2.10. The fourth-order valence-corrected chi connectivity index (χ4v) is 1.80. The normalized spacial score (nSPS) is 10.2. The summed E-state index contributed by atoms with van der Waals surface area (Å²) >= 11 is 0. The smallest absolute Gasteiger partial charge is 0.220 e. The Morgan fingerprint density at radius 3 is 2.00 bits per heavy atom. The molecule has 3 nitrogen and oxygen atoms in total. The van der Waals surface area contributed by atoms with E-state index in [1.807, 2.05) is 0 Å². The molecule has 1 radical (unpaired) electrons. The Labute approximate surface area is 105 Å². The maximum Gasteiger partial charge on any atom is 0.220 e. The molecule has 1 amide bonds. The van der Waals surface area contributed by atoms with Crippen molar-refractivity contribution in [2.24, 2.45) is 0 Å². The van der Waals surface area contributed by atoms with E-state index < -0.39 is 0 Å². The van der Waals surface area contributed by atoms with E-state index in [9.17, 15) is 9.59 Å². The fourth-order valence-electron chi connectivity index (χ4n) is 1.80. The number of hydrogen-bond acceptors (Lipinski definition) is 2. The van der Waals surface area contributed by atoms with E-state index in [4.69, 9.17) is 0 Å². The molecule has 0 aliphatic heterocycles. The molecule has 0 aromatic carbocycles. The van der Waals surface area contributed by atoms with Gasteiger partial charge in [-0.05, 0) is 6.42 Å². The van der Waals surface area contributed by atoms with Gasteiger partial charge in [0.05, 0.1) is 0 Å². The van der Waals surface area contributed by atoms with E-state index in [1.165, 1.54) is 44.9 Å². The minimum atomic E-state index is -0.0555. The van der Waals surface area contributed by atoms with Crippen molar-refractivity contribution in [3.05, 3.63) is 6.54 Å². The average molecular weight is 240 g/mol. The van der Waals surface area contributed by atoms with Crippen LogP contribution in [0.3, 0.4) is 0 Å². The van der Waals surface area contributed by atoms with Crippen molar-refractivity contribution < 1.29 is 9.59 Å². The van der Waals surface area contributed by atoms with E-state index in [2.05, 4.69) is 12.2 Å².